The molecular weight excluding hydrogens is 238 g/mol. The molecule has 1 fully saturated rings. The van der Waals surface area contributed by atoms with Crippen molar-refractivity contribution in [2.24, 2.45) is 5.92 Å². The van der Waals surface area contributed by atoms with Gasteiger partial charge in [0.05, 0.1) is 12.7 Å². The predicted octanol–water partition coefficient (Wildman–Crippen LogP) is -0.348. The van der Waals surface area contributed by atoms with Gasteiger partial charge < -0.3 is 14.9 Å². The molecule has 0 aromatic heterocycles. The number of ketones is 1. The molecule has 6 heteroatoms. The third-order valence-corrected chi connectivity index (χ3v) is 2.97. The summed E-state index contributed by atoms with van der Waals surface area (Å²) in [5.41, 5.74) is 0. The zero-order chi connectivity index (χ0) is 13.9. The van der Waals surface area contributed by atoms with Gasteiger partial charge in [-0.2, -0.15) is 0 Å². The molecule has 2 unspecified atom stereocenters. The molecule has 1 aliphatic heterocycles. The molecule has 0 bridgehead atoms. The summed E-state index contributed by atoms with van der Waals surface area (Å²) in [5.74, 6) is -0.830. The molecule has 6 nitrogen and oxygen atoms in total. The number of amides is 1. The normalized spacial score (nSPS) is 31.8. The van der Waals surface area contributed by atoms with Crippen molar-refractivity contribution in [3.05, 3.63) is 12.3 Å². The number of aliphatic hydroxyl groups excluding tert-OH is 2. The van der Waals surface area contributed by atoms with E-state index in [1.807, 2.05) is 0 Å². The maximum Gasteiger partial charge on any atom is 0.225 e. The van der Waals surface area contributed by atoms with Crippen molar-refractivity contribution in [1.82, 2.24) is 4.90 Å². The maximum absolute atomic E-state index is 11.5. The number of nitrogens with zero attached hydrogens (tertiary/aromatic N) is 1. The molecule has 1 heterocycles. The summed E-state index contributed by atoms with van der Waals surface area (Å²) >= 11 is 0. The van der Waals surface area contributed by atoms with E-state index in [9.17, 15) is 14.7 Å². The molecule has 0 aromatic carbocycles. The van der Waals surface area contributed by atoms with Gasteiger partial charge in [-0.1, -0.05) is 6.92 Å². The summed E-state index contributed by atoms with van der Waals surface area (Å²) in [4.78, 5) is 23.7. The van der Waals surface area contributed by atoms with E-state index in [0.29, 0.717) is 0 Å². The average Bonchev–Trinajstić information content (AvgIpc) is 2.56. The van der Waals surface area contributed by atoms with E-state index < -0.39 is 18.4 Å². The lowest BCUT2D eigenvalue weighted by Crippen LogP contribution is -2.39. The standard InChI is InChI=1S/C12H19NO5/c1-7(15)4-5-13(9(3)16)12-8(2)11(17)10(6-14)18-12/h4-5,8,10-12,14,17H,6H2,1-3H3/b5-4-/t8-,10?,11-,12?/m0/s1. The Balaban J connectivity index is 2.87. The van der Waals surface area contributed by atoms with Gasteiger partial charge in [-0.15, -0.1) is 0 Å². The minimum atomic E-state index is -0.840. The predicted molar refractivity (Wildman–Crippen MR) is 63.3 cm³/mol. The Morgan fingerprint density at radius 3 is 2.39 bits per heavy atom. The van der Waals surface area contributed by atoms with Gasteiger partial charge in [0, 0.05) is 19.0 Å². The third kappa shape index (κ3) is 3.16. The van der Waals surface area contributed by atoms with Crippen molar-refractivity contribution < 1.29 is 24.5 Å². The fourth-order valence-corrected chi connectivity index (χ4v) is 1.91. The fourth-order valence-electron chi connectivity index (χ4n) is 1.91. The highest BCUT2D eigenvalue weighted by Crippen LogP contribution is 2.29. The summed E-state index contributed by atoms with van der Waals surface area (Å²) in [6, 6.07) is 0. The maximum atomic E-state index is 11.5. The average molecular weight is 257 g/mol. The second-order valence-corrected chi connectivity index (χ2v) is 4.45. The van der Waals surface area contributed by atoms with Crippen LogP contribution in [0.25, 0.3) is 0 Å². The second-order valence-electron chi connectivity index (χ2n) is 4.45. The van der Waals surface area contributed by atoms with Crippen molar-refractivity contribution in [2.75, 3.05) is 6.61 Å². The number of allylic oxidation sites excluding steroid dienone is 1. The quantitative estimate of drug-likeness (QED) is 0.672. The minimum Gasteiger partial charge on any atom is -0.394 e. The Hall–Kier alpha value is -1.24. The van der Waals surface area contributed by atoms with E-state index in [2.05, 4.69) is 0 Å². The van der Waals surface area contributed by atoms with E-state index in [0.717, 1.165) is 0 Å². The molecule has 0 spiro atoms. The molecule has 0 aromatic rings. The van der Waals surface area contributed by atoms with Gasteiger partial charge in [0.1, 0.15) is 12.3 Å². The number of aliphatic hydroxyl groups is 2. The highest BCUT2D eigenvalue weighted by atomic mass is 16.5. The molecule has 1 aliphatic rings. The van der Waals surface area contributed by atoms with Gasteiger partial charge in [-0.3, -0.25) is 14.5 Å². The van der Waals surface area contributed by atoms with E-state index in [1.54, 1.807) is 6.92 Å². The molecule has 4 atom stereocenters. The molecular formula is C12H19NO5. The zero-order valence-corrected chi connectivity index (χ0v) is 10.7. The van der Waals surface area contributed by atoms with E-state index in [4.69, 9.17) is 9.84 Å². The topological polar surface area (TPSA) is 87.1 Å². The highest BCUT2D eigenvalue weighted by Gasteiger charge is 2.43. The monoisotopic (exact) mass is 257 g/mol. The van der Waals surface area contributed by atoms with Gasteiger partial charge in [0.2, 0.25) is 5.91 Å². The van der Waals surface area contributed by atoms with Crippen LogP contribution in [0.1, 0.15) is 20.8 Å². The Labute approximate surface area is 106 Å². The number of ether oxygens (including phenoxy) is 1. The van der Waals surface area contributed by atoms with Crippen LogP contribution in [0.15, 0.2) is 12.3 Å². The first-order chi connectivity index (χ1) is 8.38. The number of hydrogen-bond acceptors (Lipinski definition) is 5. The van der Waals surface area contributed by atoms with E-state index in [-0.39, 0.29) is 24.2 Å². The SMILES string of the molecule is CC(=O)/C=C\N(C(C)=O)C1OC(CO)[C@@H](O)[C@@H]1C. The van der Waals surface area contributed by atoms with Crippen molar-refractivity contribution in [1.29, 1.82) is 0 Å². The van der Waals surface area contributed by atoms with Crippen LogP contribution in [0.2, 0.25) is 0 Å². The fraction of sp³-hybridized carbons (Fsp3) is 0.667. The van der Waals surface area contributed by atoms with E-state index in [1.165, 1.54) is 31.0 Å². The van der Waals surface area contributed by atoms with Gasteiger partial charge in [0.25, 0.3) is 0 Å². The lowest BCUT2D eigenvalue weighted by atomic mass is 10.0. The van der Waals surface area contributed by atoms with Crippen LogP contribution < -0.4 is 0 Å². The zero-order valence-electron chi connectivity index (χ0n) is 10.7. The molecule has 1 rings (SSSR count). The summed E-state index contributed by atoms with van der Waals surface area (Å²) in [5, 5.41) is 18.9. The molecule has 1 amide bonds. The van der Waals surface area contributed by atoms with Crippen LogP contribution in [-0.4, -0.2) is 51.8 Å². The summed E-state index contributed by atoms with van der Waals surface area (Å²) in [6.45, 7) is 4.13. The number of carbonyl (C=O) groups is 2. The van der Waals surface area contributed by atoms with Gasteiger partial charge in [-0.05, 0) is 13.0 Å². The number of carbonyl (C=O) groups excluding carboxylic acids is 2. The largest absolute Gasteiger partial charge is 0.394 e. The van der Waals surface area contributed by atoms with Crippen LogP contribution in [0.5, 0.6) is 0 Å². The van der Waals surface area contributed by atoms with Crippen molar-refractivity contribution in [3.8, 4) is 0 Å². The molecule has 102 valence electrons. The van der Waals surface area contributed by atoms with Crippen LogP contribution >= 0.6 is 0 Å². The summed E-state index contributed by atoms with van der Waals surface area (Å²) < 4.78 is 5.43. The first-order valence-corrected chi connectivity index (χ1v) is 5.80. The molecule has 0 radical (unpaired) electrons. The second kappa shape index (κ2) is 6.08. The summed E-state index contributed by atoms with van der Waals surface area (Å²) in [6.07, 6.45) is 0.379. The van der Waals surface area contributed by atoms with Crippen LogP contribution in [0.4, 0.5) is 0 Å². The molecule has 0 aliphatic carbocycles. The molecule has 18 heavy (non-hydrogen) atoms. The van der Waals surface area contributed by atoms with Crippen LogP contribution in [0, 0.1) is 5.92 Å². The van der Waals surface area contributed by atoms with Crippen molar-refractivity contribution >= 4 is 11.7 Å². The Kier molecular flexibility index (Phi) is 5.01. The Morgan fingerprint density at radius 2 is 2.00 bits per heavy atom. The molecule has 0 saturated carbocycles. The first-order valence-electron chi connectivity index (χ1n) is 5.80. The Morgan fingerprint density at radius 1 is 1.39 bits per heavy atom. The molecule has 2 N–H and O–H groups in total. The lowest BCUT2D eigenvalue weighted by Gasteiger charge is -2.26. The highest BCUT2D eigenvalue weighted by molar-refractivity contribution is 5.87. The lowest BCUT2D eigenvalue weighted by molar-refractivity contribution is -0.140. The Bertz CT molecular complexity index is 354. The van der Waals surface area contributed by atoms with Crippen molar-refractivity contribution in [3.63, 3.8) is 0 Å². The number of hydrogen-bond donors (Lipinski definition) is 2. The molecule has 1 saturated heterocycles. The van der Waals surface area contributed by atoms with Gasteiger partial charge >= 0.3 is 0 Å². The van der Waals surface area contributed by atoms with Gasteiger partial charge in [0.15, 0.2) is 5.78 Å². The van der Waals surface area contributed by atoms with E-state index >= 15 is 0 Å². The smallest absolute Gasteiger partial charge is 0.225 e. The van der Waals surface area contributed by atoms with Crippen LogP contribution in [-0.2, 0) is 14.3 Å². The minimum absolute atomic E-state index is 0.189. The van der Waals surface area contributed by atoms with Crippen LogP contribution in [0.3, 0.4) is 0 Å². The summed E-state index contributed by atoms with van der Waals surface area (Å²) in [7, 11) is 0. The van der Waals surface area contributed by atoms with Crippen molar-refractivity contribution in [2.45, 2.75) is 39.2 Å². The third-order valence-electron chi connectivity index (χ3n) is 2.97. The van der Waals surface area contributed by atoms with Gasteiger partial charge in [-0.25, -0.2) is 0 Å². The number of rotatable bonds is 4. The first kappa shape index (κ1) is 14.8.